The molecule has 0 spiro atoms. The van der Waals surface area contributed by atoms with Gasteiger partial charge >= 0.3 is 0 Å². The summed E-state index contributed by atoms with van der Waals surface area (Å²) in [6.07, 6.45) is 5.27. The van der Waals surface area contributed by atoms with Crippen molar-refractivity contribution in [1.29, 1.82) is 0 Å². The van der Waals surface area contributed by atoms with Crippen molar-refractivity contribution in [2.75, 3.05) is 12.0 Å². The zero-order valence-corrected chi connectivity index (χ0v) is 15.7. The molecular weight excluding hydrogens is 374 g/mol. The summed E-state index contributed by atoms with van der Waals surface area (Å²) >= 11 is 5.91. The van der Waals surface area contributed by atoms with E-state index in [1.165, 1.54) is 10.4 Å². The van der Waals surface area contributed by atoms with Gasteiger partial charge in [-0.15, -0.1) is 0 Å². The second kappa shape index (κ2) is 7.01. The zero-order chi connectivity index (χ0) is 18.1. The molecular formula is C14H20ClN3O4S2. The minimum Gasteiger partial charge on any atom is -0.370 e. The van der Waals surface area contributed by atoms with Gasteiger partial charge in [0.1, 0.15) is 9.79 Å². The molecule has 1 aromatic carbocycles. The topological polar surface area (TPSA) is 110 Å². The van der Waals surface area contributed by atoms with Crippen molar-refractivity contribution in [3.8, 4) is 0 Å². The highest BCUT2D eigenvalue weighted by Crippen LogP contribution is 2.36. The molecule has 1 heterocycles. The number of rotatable bonds is 5. The Labute approximate surface area is 147 Å². The van der Waals surface area contributed by atoms with Gasteiger partial charge in [0.15, 0.2) is 0 Å². The summed E-state index contributed by atoms with van der Waals surface area (Å²) < 4.78 is 50.2. The Morgan fingerprint density at radius 3 is 2.71 bits per heavy atom. The van der Waals surface area contributed by atoms with E-state index in [0.29, 0.717) is 6.42 Å². The first-order chi connectivity index (χ1) is 11.1. The molecule has 2 rings (SSSR count). The van der Waals surface area contributed by atoms with Crippen molar-refractivity contribution < 1.29 is 16.8 Å². The number of hydrogen-bond acceptors (Lipinski definition) is 5. The van der Waals surface area contributed by atoms with Crippen LogP contribution in [0.3, 0.4) is 0 Å². The lowest BCUT2D eigenvalue weighted by Gasteiger charge is -2.33. The van der Waals surface area contributed by atoms with Crippen molar-refractivity contribution in [3.63, 3.8) is 0 Å². The predicted octanol–water partition coefficient (Wildman–Crippen LogP) is 2.11. The number of halogens is 1. The highest BCUT2D eigenvalue weighted by atomic mass is 35.5. The molecule has 3 N–H and O–H groups in total. The van der Waals surface area contributed by atoms with Gasteiger partial charge in [0, 0.05) is 6.04 Å². The van der Waals surface area contributed by atoms with Gasteiger partial charge in [0.25, 0.3) is 0 Å². The molecule has 24 heavy (non-hydrogen) atoms. The average molecular weight is 394 g/mol. The van der Waals surface area contributed by atoms with Gasteiger partial charge < -0.3 is 5.32 Å². The van der Waals surface area contributed by atoms with E-state index in [9.17, 15) is 16.8 Å². The lowest BCUT2D eigenvalue weighted by Crippen LogP contribution is -2.45. The quantitative estimate of drug-likeness (QED) is 0.744. The van der Waals surface area contributed by atoms with E-state index in [1.807, 2.05) is 26.0 Å². The summed E-state index contributed by atoms with van der Waals surface area (Å²) in [6.45, 7) is 3.81. The van der Waals surface area contributed by atoms with E-state index in [2.05, 4.69) is 5.32 Å². The van der Waals surface area contributed by atoms with E-state index in [4.69, 9.17) is 16.7 Å². The number of sulfonamides is 2. The van der Waals surface area contributed by atoms with Gasteiger partial charge in [-0.3, -0.25) is 0 Å². The molecule has 1 aliphatic rings. The smallest absolute Gasteiger partial charge is 0.246 e. The normalized spacial score (nSPS) is 19.0. The SMILES string of the molecule is CC=CCCC(C)N1CNc2cc(Cl)c(S(N)(=O)=O)cc2S1(=O)=O. The molecule has 0 fully saturated rings. The van der Waals surface area contributed by atoms with Crippen molar-refractivity contribution >= 4 is 37.3 Å². The standard InChI is InChI=1S/C14H20ClN3O4S2/c1-3-4-5-6-10(2)18-9-17-12-7-11(15)13(23(16,19)20)8-14(12)24(18,21)22/h3-4,7-8,10,17H,5-6,9H2,1-2H3,(H2,16,19,20). The summed E-state index contributed by atoms with van der Waals surface area (Å²) in [5.41, 5.74) is 0.268. The zero-order valence-electron chi connectivity index (χ0n) is 13.4. The third-order valence-corrected chi connectivity index (χ3v) is 7.21. The number of benzene rings is 1. The van der Waals surface area contributed by atoms with Crippen LogP contribution in [0.25, 0.3) is 0 Å². The summed E-state index contributed by atoms with van der Waals surface area (Å²) in [6, 6.07) is 2.04. The van der Waals surface area contributed by atoms with E-state index in [0.717, 1.165) is 12.5 Å². The number of primary sulfonamides is 1. The number of hydrogen-bond donors (Lipinski definition) is 2. The molecule has 1 aromatic rings. The molecule has 0 saturated carbocycles. The number of fused-ring (bicyclic) bond motifs is 1. The molecule has 1 aliphatic heterocycles. The summed E-state index contributed by atoms with van der Waals surface area (Å²) in [4.78, 5) is -0.545. The Morgan fingerprint density at radius 2 is 2.12 bits per heavy atom. The van der Waals surface area contributed by atoms with E-state index >= 15 is 0 Å². The maximum Gasteiger partial charge on any atom is 0.246 e. The van der Waals surface area contributed by atoms with Gasteiger partial charge in [-0.25, -0.2) is 22.0 Å². The van der Waals surface area contributed by atoms with Crippen LogP contribution in [0.4, 0.5) is 5.69 Å². The lowest BCUT2D eigenvalue weighted by molar-refractivity contribution is 0.334. The van der Waals surface area contributed by atoms with Gasteiger partial charge in [-0.2, -0.15) is 4.31 Å². The Kier molecular flexibility index (Phi) is 5.61. The second-order valence-corrected chi connectivity index (χ2v) is 9.34. The van der Waals surface area contributed by atoms with E-state index in [1.54, 1.807) is 0 Å². The summed E-state index contributed by atoms with van der Waals surface area (Å²) in [7, 11) is -7.97. The maximum absolute atomic E-state index is 12.9. The van der Waals surface area contributed by atoms with Crippen molar-refractivity contribution in [2.45, 2.75) is 42.5 Å². The van der Waals surface area contributed by atoms with Crippen LogP contribution in [-0.2, 0) is 20.0 Å². The highest BCUT2D eigenvalue weighted by Gasteiger charge is 2.36. The highest BCUT2D eigenvalue weighted by molar-refractivity contribution is 7.90. The fraction of sp³-hybridized carbons (Fsp3) is 0.429. The molecule has 0 radical (unpaired) electrons. The number of anilines is 1. The summed E-state index contributed by atoms with van der Waals surface area (Å²) in [5.74, 6) is 0. The monoisotopic (exact) mass is 393 g/mol. The van der Waals surface area contributed by atoms with Crippen LogP contribution in [0, 0.1) is 0 Å². The second-order valence-electron chi connectivity index (χ2n) is 5.55. The molecule has 0 aliphatic carbocycles. The third kappa shape index (κ3) is 3.75. The Hall–Kier alpha value is -1.13. The van der Waals surface area contributed by atoms with Crippen LogP contribution >= 0.6 is 11.6 Å². The predicted molar refractivity (Wildman–Crippen MR) is 93.8 cm³/mol. The maximum atomic E-state index is 12.9. The first kappa shape index (κ1) is 19.2. The van der Waals surface area contributed by atoms with Crippen LogP contribution in [-0.4, -0.2) is 33.9 Å². The minimum absolute atomic E-state index is 0.0946. The van der Waals surface area contributed by atoms with Gasteiger partial charge in [0.05, 0.1) is 17.4 Å². The van der Waals surface area contributed by atoms with Crippen LogP contribution in [0.1, 0.15) is 26.7 Å². The Morgan fingerprint density at radius 1 is 1.46 bits per heavy atom. The minimum atomic E-state index is -4.12. The molecule has 7 nitrogen and oxygen atoms in total. The van der Waals surface area contributed by atoms with Crippen molar-refractivity contribution in [2.24, 2.45) is 5.14 Å². The Bertz CT molecular complexity index is 866. The molecule has 10 heteroatoms. The van der Waals surface area contributed by atoms with E-state index < -0.39 is 24.9 Å². The van der Waals surface area contributed by atoms with Crippen LogP contribution in [0.5, 0.6) is 0 Å². The molecule has 0 saturated heterocycles. The van der Waals surface area contributed by atoms with Crippen LogP contribution in [0.2, 0.25) is 5.02 Å². The van der Waals surface area contributed by atoms with Crippen molar-refractivity contribution in [1.82, 2.24) is 4.31 Å². The molecule has 0 amide bonds. The average Bonchev–Trinajstić information content (AvgIpc) is 2.45. The number of nitrogens with two attached hydrogens (primary N) is 1. The van der Waals surface area contributed by atoms with Gasteiger partial charge in [0.2, 0.25) is 20.0 Å². The van der Waals surface area contributed by atoms with Gasteiger partial charge in [-0.1, -0.05) is 23.8 Å². The van der Waals surface area contributed by atoms with Gasteiger partial charge in [-0.05, 0) is 38.8 Å². The van der Waals surface area contributed by atoms with Crippen LogP contribution < -0.4 is 10.5 Å². The first-order valence-corrected chi connectivity index (χ1v) is 10.7. The van der Waals surface area contributed by atoms with E-state index in [-0.39, 0.29) is 28.3 Å². The van der Waals surface area contributed by atoms with Crippen molar-refractivity contribution in [3.05, 3.63) is 29.3 Å². The summed E-state index contributed by atoms with van der Waals surface area (Å²) in [5, 5.41) is 7.96. The molecule has 1 unspecified atom stereocenters. The fourth-order valence-corrected chi connectivity index (χ4v) is 5.44. The number of allylic oxidation sites excluding steroid dienone is 2. The third-order valence-electron chi connectivity index (χ3n) is 3.83. The Balaban J connectivity index is 2.45. The largest absolute Gasteiger partial charge is 0.370 e. The molecule has 0 bridgehead atoms. The molecule has 134 valence electrons. The molecule has 1 atom stereocenters. The molecule has 0 aromatic heterocycles. The number of nitrogens with one attached hydrogen (secondary N) is 1. The lowest BCUT2D eigenvalue weighted by atomic mass is 10.2. The number of nitrogens with zero attached hydrogens (tertiary/aromatic N) is 1. The fourth-order valence-electron chi connectivity index (χ4n) is 2.52. The first-order valence-electron chi connectivity index (χ1n) is 7.32. The van der Waals surface area contributed by atoms with Crippen LogP contribution in [0.15, 0.2) is 34.1 Å².